The number of hydrogen-bond donors (Lipinski definition) is 16. The number of nitrogens with two attached hydrogens (primary N) is 2. The number of primary amides is 2. The molecule has 1 aliphatic rings. The summed E-state index contributed by atoms with van der Waals surface area (Å²) in [6.45, 7) is 17.0. The number of Topliss-reactive ketones (excluding diaryl/α,β-unsaturated/α-hetero) is 5. The lowest BCUT2D eigenvalue weighted by Gasteiger charge is -2.33. The minimum atomic E-state index is -1.78. The number of aromatic nitrogens is 1. The number of hydrogen-bond acceptors (Lipinski definition) is 20. The second-order valence-electron chi connectivity index (χ2n) is 30.5. The van der Waals surface area contributed by atoms with Crippen molar-refractivity contribution in [2.24, 2.45) is 34.6 Å². The Balaban J connectivity index is 1.72. The van der Waals surface area contributed by atoms with Gasteiger partial charge < -0.3 is 85.1 Å². The number of allylic oxidation sites excluding steroid dienone is 2. The Bertz CT molecular complexity index is 3960. The molecule has 0 bridgehead atoms. The monoisotopic (exact) mass is 1600 g/mol. The maximum atomic E-state index is 15.0. The van der Waals surface area contributed by atoms with E-state index in [2.05, 4.69) is 63.5 Å². The summed E-state index contributed by atoms with van der Waals surface area (Å²) in [5, 5.41) is 50.1. The van der Waals surface area contributed by atoms with Crippen LogP contribution in [-0.2, 0) is 94.3 Å². The fourth-order valence-electron chi connectivity index (χ4n) is 12.7. The largest absolute Gasteiger partial charge is 0.508 e. The van der Waals surface area contributed by atoms with Crippen molar-refractivity contribution in [1.29, 1.82) is 0 Å². The highest BCUT2D eigenvalue weighted by Gasteiger charge is 2.42. The highest BCUT2D eigenvalue weighted by molar-refractivity contribution is 6.41. The zero-order valence-electron chi connectivity index (χ0n) is 66.6. The van der Waals surface area contributed by atoms with Gasteiger partial charge in [-0.1, -0.05) is 88.9 Å². The first-order chi connectivity index (χ1) is 52.9. The highest BCUT2D eigenvalue weighted by atomic mass is 35.5. The van der Waals surface area contributed by atoms with E-state index < -0.39 is 197 Å². The zero-order valence-corrected chi connectivity index (χ0v) is 67.3. The molecule has 2 heterocycles. The topological polar surface area (TPSA) is 531 Å². The quantitative estimate of drug-likeness (QED) is 0.0350. The molecule has 18 N–H and O–H groups in total. The fourth-order valence-corrected chi connectivity index (χ4v) is 12.9. The summed E-state index contributed by atoms with van der Waals surface area (Å²) >= 11 is 6.32. The summed E-state index contributed by atoms with van der Waals surface area (Å²) < 4.78 is 0. The first-order valence-electron chi connectivity index (χ1n) is 38.3. The number of phenolic OH excluding ortho intramolecular Hbond substituents is 1. The van der Waals surface area contributed by atoms with Gasteiger partial charge in [0.1, 0.15) is 53.3 Å². The van der Waals surface area contributed by atoms with Gasteiger partial charge in [-0.2, -0.15) is 0 Å². The van der Waals surface area contributed by atoms with Gasteiger partial charge in [0.25, 0.3) is 0 Å². The van der Waals surface area contributed by atoms with Crippen LogP contribution in [-0.4, -0.2) is 194 Å². The number of carbonyl (C=O) groups excluding carboxylic acids is 16. The maximum Gasteiger partial charge on any atom is 0.303 e. The van der Waals surface area contributed by atoms with Gasteiger partial charge in [-0.25, -0.2) is 0 Å². The Morgan fingerprint density at radius 3 is 1.74 bits per heavy atom. The van der Waals surface area contributed by atoms with Crippen LogP contribution in [0.1, 0.15) is 191 Å². The number of phenols is 1. The average molecular weight is 1600 g/mol. The first kappa shape index (κ1) is 95.1. The molecule has 0 fully saturated rings. The third-order valence-electron chi connectivity index (χ3n) is 19.8. The summed E-state index contributed by atoms with van der Waals surface area (Å²) in [5.74, 6) is -17.2. The van der Waals surface area contributed by atoms with Crippen molar-refractivity contribution >= 4 is 122 Å². The van der Waals surface area contributed by atoms with Crippen LogP contribution >= 0.6 is 11.6 Å². The van der Waals surface area contributed by atoms with Crippen LogP contribution in [0.5, 0.6) is 5.75 Å². The van der Waals surface area contributed by atoms with Gasteiger partial charge in [-0.3, -0.25) is 81.5 Å². The van der Waals surface area contributed by atoms with Gasteiger partial charge in [0.15, 0.2) is 0 Å². The highest BCUT2D eigenvalue weighted by Crippen LogP contribution is 2.31. The fraction of sp³-hybridized carbons (Fsp3) is 0.582. The lowest BCUT2D eigenvalue weighted by Crippen LogP contribution is -2.62. The van der Waals surface area contributed by atoms with E-state index in [1.54, 1.807) is 31.3 Å². The molecule has 33 nitrogen and oxygen atoms in total. The average Bonchev–Trinajstić information content (AvgIpc) is 1.63. The molecule has 2 aromatic carbocycles. The van der Waals surface area contributed by atoms with Gasteiger partial charge in [-0.15, -0.1) is 0 Å². The molecule has 4 rings (SSSR count). The van der Waals surface area contributed by atoms with E-state index in [-0.39, 0.29) is 81.9 Å². The van der Waals surface area contributed by atoms with Crippen molar-refractivity contribution in [1.82, 2.24) is 63.5 Å². The van der Waals surface area contributed by atoms with Gasteiger partial charge in [-0.05, 0) is 154 Å². The Morgan fingerprint density at radius 2 is 1.16 bits per heavy atom. The van der Waals surface area contributed by atoms with Crippen molar-refractivity contribution < 1.29 is 91.7 Å². The molecular weight excluding hydrogens is 1480 g/mol. The number of carboxylic acid groups (broad SMARTS) is 1. The third kappa shape index (κ3) is 31.3. The molecule has 0 spiro atoms. The normalized spacial score (nSPS) is 23.3. The van der Waals surface area contributed by atoms with E-state index in [9.17, 15) is 86.9 Å². The number of aliphatic carboxylic acids is 1. The van der Waals surface area contributed by atoms with Gasteiger partial charge in [0.05, 0.1) is 35.5 Å². The molecule has 1 aromatic heterocycles. The number of amides is 11. The Labute approximate surface area is 663 Å². The van der Waals surface area contributed by atoms with E-state index in [1.807, 2.05) is 26.0 Å². The van der Waals surface area contributed by atoms with Crippen molar-refractivity contribution in [3.63, 3.8) is 0 Å². The molecular formula is C79H115ClN14O19. The number of aromatic hydroxyl groups is 1. The second kappa shape index (κ2) is 45.4. The summed E-state index contributed by atoms with van der Waals surface area (Å²) in [4.78, 5) is 236. The zero-order chi connectivity index (χ0) is 84.8. The van der Waals surface area contributed by atoms with Crippen LogP contribution in [0.3, 0.4) is 0 Å². The summed E-state index contributed by atoms with van der Waals surface area (Å²) in [7, 11) is 0. The van der Waals surface area contributed by atoms with E-state index >= 15 is 4.79 Å². The molecule has 14 atom stereocenters. The van der Waals surface area contributed by atoms with E-state index in [0.29, 0.717) is 65.6 Å². The third-order valence-corrected chi connectivity index (χ3v) is 20.0. The predicted octanol–water partition coefficient (Wildman–Crippen LogP) is 2.36. The van der Waals surface area contributed by atoms with Crippen molar-refractivity contribution in [2.45, 2.75) is 258 Å². The van der Waals surface area contributed by atoms with E-state index in [1.165, 1.54) is 86.6 Å². The number of rotatable bonds is 29. The smallest absolute Gasteiger partial charge is 0.303 e. The molecule has 0 saturated heterocycles. The minimum Gasteiger partial charge on any atom is -0.508 e. The molecule has 0 saturated carbocycles. The number of aromatic amines is 1. The molecule has 0 radical (unpaired) electrons. The van der Waals surface area contributed by atoms with Crippen LogP contribution in [0.15, 0.2) is 60.8 Å². The van der Waals surface area contributed by atoms with Crippen LogP contribution in [0.4, 0.5) is 0 Å². The van der Waals surface area contributed by atoms with Crippen LogP contribution in [0.2, 0.25) is 5.02 Å². The van der Waals surface area contributed by atoms with Crippen LogP contribution in [0.25, 0.3) is 10.9 Å². The number of benzene rings is 2. The lowest BCUT2D eigenvalue weighted by molar-refractivity contribution is -0.140. The minimum absolute atomic E-state index is 0.0139. The molecule has 0 aliphatic carbocycles. The molecule has 622 valence electrons. The number of ketones is 5. The number of halogens is 1. The molecule has 3 aromatic rings. The van der Waals surface area contributed by atoms with Gasteiger partial charge in [0, 0.05) is 73.2 Å². The molecule has 4 unspecified atom stereocenters. The number of carboxylic acids is 1. The Hall–Kier alpha value is -10.3. The number of carbonyl (C=O) groups is 17. The Kier molecular flexibility index (Phi) is 38.2. The number of nitrogens with one attached hydrogen (secondary N) is 12. The van der Waals surface area contributed by atoms with Crippen molar-refractivity contribution in [2.75, 3.05) is 13.1 Å². The summed E-state index contributed by atoms with van der Waals surface area (Å²) in [6.07, 6.45) is 6.62. The Morgan fingerprint density at radius 1 is 0.611 bits per heavy atom. The number of H-pyrrole nitrogens is 1. The molecule has 11 amide bonds. The van der Waals surface area contributed by atoms with Gasteiger partial charge in [0.2, 0.25) is 88.1 Å². The predicted molar refractivity (Wildman–Crippen MR) is 419 cm³/mol. The maximum absolute atomic E-state index is 15.0. The molecule has 113 heavy (non-hydrogen) atoms. The second-order valence-corrected chi connectivity index (χ2v) is 31.0. The lowest BCUT2D eigenvalue weighted by atomic mass is 9.79. The molecule has 34 heteroatoms. The number of fused-ring (bicyclic) bond motifs is 1. The van der Waals surface area contributed by atoms with Crippen LogP contribution in [0, 0.1) is 23.2 Å². The molecule has 1 aliphatic heterocycles. The van der Waals surface area contributed by atoms with E-state index in [0.717, 1.165) is 0 Å². The standard InChI is InChI=1S/C79H115ClN14O19/c1-42(2)34-53-41-84-57(28-30-62(81)97)67(103)66(102)47(7)87-74(110)61(36-52-40-85-59-37-54(80)24-27-56(52)59)92-75(111)60(35-51-22-25-55(96)26-23-51)91-73(109)58(29-31-63(98)99)93-76(112)78(11,38-44(4)95)32-20-18-16-14-13-15-17-19-21-33-79(12,94-72(53)108)77(113)90-50(10)71(107)89-49(9)70(106)88-48(8)69(105)86-46(6)65(101)64(100)45(5)83-39-43(3)68(82)104/h15,17,22-27,37,40,42-43,45-50,53,57-58,60-61,83-85,96H,13-14,16,18-21,28-36,38-39,41H2,1-12H3,(H2,81,97)(H2,82,104)(H,86,105)(H,87,110)(H,88,106)(H,89,107)(H,90,113)(H,91,109)(H,92,111)(H,93,112)(H,94,108)(H,98,99)/b17-15+/t43-,45-,46-,47?,48?,49-,50?,53+,57-,58-,60?,61-,78-,79-/m0/s1. The van der Waals surface area contributed by atoms with Crippen molar-refractivity contribution in [3.05, 3.63) is 77.0 Å². The summed E-state index contributed by atoms with van der Waals surface area (Å²) in [6, 6.07) is -3.90. The SMILES string of the molecule is CC(=O)C[C@]1(C)CCCCCC/C=C/CCC[C@@](C)(C(=O)NC(C)C(=O)N[C@@H](C)C(=O)NC(C)C(=O)N[C@@H](C)C(=O)C(=O)[C@H](C)NC[C@H](C)C(N)=O)NC(=O)[C@H](CC(C)C)CN[C@@H](CCC(N)=O)C(=O)C(=O)C(C)NC(=O)[C@H](Cc2c[nH]c3cc(Cl)ccc23)NC(=O)C(Cc2ccc(O)cc2)NC(=O)[C@H](CCC(=O)O)NC1=O. The summed E-state index contributed by atoms with van der Waals surface area (Å²) in [5.41, 5.74) is 9.05. The van der Waals surface area contributed by atoms with Crippen molar-refractivity contribution in [3.8, 4) is 5.75 Å². The van der Waals surface area contributed by atoms with Gasteiger partial charge >= 0.3 is 5.97 Å². The van der Waals surface area contributed by atoms with E-state index in [4.69, 9.17) is 23.1 Å². The first-order valence-corrected chi connectivity index (χ1v) is 38.7. The van der Waals surface area contributed by atoms with Crippen LogP contribution < -0.4 is 70.0 Å².